The normalized spacial score (nSPS) is 17.5. The fourth-order valence-electron chi connectivity index (χ4n) is 2.82. The molecule has 19 heavy (non-hydrogen) atoms. The van der Waals surface area contributed by atoms with Crippen LogP contribution in [0.2, 0.25) is 0 Å². The lowest BCUT2D eigenvalue weighted by Crippen LogP contribution is -2.32. The zero-order valence-corrected chi connectivity index (χ0v) is 12.5. The van der Waals surface area contributed by atoms with Crippen LogP contribution < -0.4 is 9.47 Å². The Labute approximate surface area is 116 Å². The minimum Gasteiger partial charge on any atom is -0.496 e. The van der Waals surface area contributed by atoms with Crippen molar-refractivity contribution in [1.29, 1.82) is 0 Å². The predicted octanol–water partition coefficient (Wildman–Crippen LogP) is 3.24. The molecule has 1 saturated heterocycles. The van der Waals surface area contributed by atoms with Crippen LogP contribution in [-0.4, -0.2) is 32.2 Å². The number of hydrogen-bond donors (Lipinski definition) is 0. The van der Waals surface area contributed by atoms with Crippen molar-refractivity contribution in [1.82, 2.24) is 4.90 Å². The maximum absolute atomic E-state index is 5.57. The van der Waals surface area contributed by atoms with E-state index in [1.165, 1.54) is 31.5 Å². The molecule has 1 aliphatic heterocycles. The van der Waals surface area contributed by atoms with Crippen molar-refractivity contribution in [3.8, 4) is 11.5 Å². The number of methoxy groups -OCH3 is 2. The highest BCUT2D eigenvalue weighted by Crippen LogP contribution is 2.32. The molecule has 0 aromatic heterocycles. The van der Waals surface area contributed by atoms with Crippen molar-refractivity contribution in [2.45, 2.75) is 33.2 Å². The summed E-state index contributed by atoms with van der Waals surface area (Å²) in [5.74, 6) is 2.74. The molecule has 1 aliphatic rings. The van der Waals surface area contributed by atoms with Crippen LogP contribution in [0.5, 0.6) is 11.5 Å². The highest BCUT2D eigenvalue weighted by Gasteiger charge is 2.18. The number of likely N-dealkylation sites (tertiary alicyclic amines) is 1. The first-order chi connectivity index (χ1) is 9.15. The maximum Gasteiger partial charge on any atom is 0.129 e. The Hall–Kier alpha value is -1.22. The Bertz CT molecular complexity index is 423. The molecule has 0 aliphatic carbocycles. The van der Waals surface area contributed by atoms with Gasteiger partial charge in [-0.25, -0.2) is 0 Å². The van der Waals surface area contributed by atoms with E-state index in [4.69, 9.17) is 9.47 Å². The molecule has 0 atom stereocenters. The first-order valence-corrected chi connectivity index (χ1v) is 7.08. The fraction of sp³-hybridized carbons (Fsp3) is 0.625. The summed E-state index contributed by atoms with van der Waals surface area (Å²) in [6.45, 7) is 7.75. The van der Waals surface area contributed by atoms with Crippen molar-refractivity contribution >= 4 is 0 Å². The van der Waals surface area contributed by atoms with Crippen molar-refractivity contribution in [3.63, 3.8) is 0 Å². The fourth-order valence-corrected chi connectivity index (χ4v) is 2.82. The minimum absolute atomic E-state index is 0.871. The third-order valence-corrected chi connectivity index (χ3v) is 4.13. The van der Waals surface area contributed by atoms with Gasteiger partial charge in [0.1, 0.15) is 11.5 Å². The Morgan fingerprint density at radius 1 is 1.16 bits per heavy atom. The predicted molar refractivity (Wildman–Crippen MR) is 78.0 cm³/mol. The molecule has 1 aromatic rings. The summed E-state index contributed by atoms with van der Waals surface area (Å²) in [5, 5.41) is 0. The molecule has 0 spiro atoms. The van der Waals surface area contributed by atoms with E-state index >= 15 is 0 Å². The van der Waals surface area contributed by atoms with Crippen LogP contribution in [0, 0.1) is 12.8 Å². The van der Waals surface area contributed by atoms with Gasteiger partial charge in [0.15, 0.2) is 0 Å². The van der Waals surface area contributed by atoms with Gasteiger partial charge in [0.25, 0.3) is 0 Å². The smallest absolute Gasteiger partial charge is 0.129 e. The van der Waals surface area contributed by atoms with Crippen LogP contribution in [-0.2, 0) is 6.54 Å². The van der Waals surface area contributed by atoms with E-state index in [-0.39, 0.29) is 0 Å². The summed E-state index contributed by atoms with van der Waals surface area (Å²) < 4.78 is 10.9. The lowest BCUT2D eigenvalue weighted by atomic mass is 9.98. The van der Waals surface area contributed by atoms with Gasteiger partial charge in [-0.15, -0.1) is 0 Å². The van der Waals surface area contributed by atoms with Crippen LogP contribution in [0.15, 0.2) is 12.1 Å². The highest BCUT2D eigenvalue weighted by molar-refractivity contribution is 5.49. The van der Waals surface area contributed by atoms with Gasteiger partial charge in [-0.3, -0.25) is 4.90 Å². The summed E-state index contributed by atoms with van der Waals surface area (Å²) >= 11 is 0. The van der Waals surface area contributed by atoms with Gasteiger partial charge in [-0.1, -0.05) is 13.0 Å². The van der Waals surface area contributed by atoms with Crippen LogP contribution in [0.4, 0.5) is 0 Å². The molecule has 0 unspecified atom stereocenters. The molecule has 0 amide bonds. The first kappa shape index (κ1) is 14.2. The Balaban J connectivity index is 2.14. The van der Waals surface area contributed by atoms with E-state index in [1.54, 1.807) is 14.2 Å². The Kier molecular flexibility index (Phi) is 4.70. The highest BCUT2D eigenvalue weighted by atomic mass is 16.5. The number of rotatable bonds is 4. The lowest BCUT2D eigenvalue weighted by Gasteiger charge is -2.30. The number of piperidine rings is 1. The van der Waals surface area contributed by atoms with Gasteiger partial charge in [0.05, 0.1) is 14.2 Å². The average molecular weight is 263 g/mol. The largest absolute Gasteiger partial charge is 0.496 e. The molecule has 0 radical (unpaired) electrons. The second kappa shape index (κ2) is 6.29. The van der Waals surface area contributed by atoms with Gasteiger partial charge >= 0.3 is 0 Å². The molecular weight excluding hydrogens is 238 g/mol. The summed E-state index contributed by atoms with van der Waals surface area (Å²) in [7, 11) is 3.44. The number of ether oxygens (including phenoxy) is 2. The third-order valence-electron chi connectivity index (χ3n) is 4.13. The lowest BCUT2D eigenvalue weighted by molar-refractivity contribution is 0.183. The molecule has 0 N–H and O–H groups in total. The first-order valence-electron chi connectivity index (χ1n) is 7.08. The number of nitrogens with zero attached hydrogens (tertiary/aromatic N) is 1. The second-order valence-corrected chi connectivity index (χ2v) is 5.54. The van der Waals surface area contributed by atoms with E-state index in [0.717, 1.165) is 29.5 Å². The quantitative estimate of drug-likeness (QED) is 0.832. The summed E-state index contributed by atoms with van der Waals surface area (Å²) in [4.78, 5) is 2.52. The Morgan fingerprint density at radius 3 is 2.42 bits per heavy atom. The van der Waals surface area contributed by atoms with Gasteiger partial charge in [-0.05, 0) is 44.8 Å². The standard InChI is InChI=1S/C16H25NO2/c1-12-7-9-17(10-8-12)11-14-5-6-15(18-3)13(2)16(14)19-4/h5-6,12H,7-11H2,1-4H3. The van der Waals surface area contributed by atoms with Crippen molar-refractivity contribution < 1.29 is 9.47 Å². The topological polar surface area (TPSA) is 21.7 Å². The molecule has 2 rings (SSSR count). The molecule has 1 aromatic carbocycles. The molecule has 3 heteroatoms. The summed E-state index contributed by atoms with van der Waals surface area (Å²) in [6.07, 6.45) is 2.61. The van der Waals surface area contributed by atoms with E-state index in [2.05, 4.69) is 24.8 Å². The minimum atomic E-state index is 0.871. The third kappa shape index (κ3) is 3.21. The van der Waals surface area contributed by atoms with E-state index < -0.39 is 0 Å². The second-order valence-electron chi connectivity index (χ2n) is 5.54. The van der Waals surface area contributed by atoms with Gasteiger partial charge in [-0.2, -0.15) is 0 Å². The van der Waals surface area contributed by atoms with Crippen molar-refractivity contribution in [2.75, 3.05) is 27.3 Å². The summed E-state index contributed by atoms with van der Waals surface area (Å²) in [5.41, 5.74) is 2.35. The van der Waals surface area contributed by atoms with E-state index in [0.29, 0.717) is 0 Å². The molecule has 1 heterocycles. The van der Waals surface area contributed by atoms with E-state index in [9.17, 15) is 0 Å². The van der Waals surface area contributed by atoms with Gasteiger partial charge in [0.2, 0.25) is 0 Å². The van der Waals surface area contributed by atoms with Gasteiger partial charge in [0, 0.05) is 17.7 Å². The molecule has 3 nitrogen and oxygen atoms in total. The molecule has 106 valence electrons. The monoisotopic (exact) mass is 263 g/mol. The SMILES string of the molecule is COc1ccc(CN2CCC(C)CC2)c(OC)c1C. The van der Waals surface area contributed by atoms with E-state index in [1.807, 2.05) is 6.07 Å². The van der Waals surface area contributed by atoms with Crippen LogP contribution in [0.25, 0.3) is 0 Å². The van der Waals surface area contributed by atoms with Crippen LogP contribution >= 0.6 is 0 Å². The molecular formula is C16H25NO2. The van der Waals surface area contributed by atoms with Crippen molar-refractivity contribution in [2.24, 2.45) is 5.92 Å². The van der Waals surface area contributed by atoms with Crippen molar-refractivity contribution in [3.05, 3.63) is 23.3 Å². The van der Waals surface area contributed by atoms with Crippen LogP contribution in [0.1, 0.15) is 30.9 Å². The molecule has 0 saturated carbocycles. The van der Waals surface area contributed by atoms with Gasteiger partial charge < -0.3 is 9.47 Å². The molecule has 0 bridgehead atoms. The molecule has 1 fully saturated rings. The van der Waals surface area contributed by atoms with Crippen LogP contribution in [0.3, 0.4) is 0 Å². The number of benzene rings is 1. The maximum atomic E-state index is 5.57. The Morgan fingerprint density at radius 2 is 1.84 bits per heavy atom. The zero-order chi connectivity index (χ0) is 13.8. The average Bonchev–Trinajstić information content (AvgIpc) is 2.42. The summed E-state index contributed by atoms with van der Waals surface area (Å²) in [6, 6.07) is 4.17. The zero-order valence-electron chi connectivity index (χ0n) is 12.5. The number of hydrogen-bond acceptors (Lipinski definition) is 3.